The lowest BCUT2D eigenvalue weighted by Gasteiger charge is -2.09. The molecule has 0 radical (unpaired) electrons. The number of carbonyl (C=O) groups is 2. The minimum atomic E-state index is -0.495. The van der Waals surface area contributed by atoms with Crippen molar-refractivity contribution in [3.05, 3.63) is 57.8 Å². The van der Waals surface area contributed by atoms with E-state index in [1.54, 1.807) is 24.3 Å². The van der Waals surface area contributed by atoms with E-state index in [1.807, 2.05) is 6.92 Å². The van der Waals surface area contributed by atoms with Crippen LogP contribution in [0.1, 0.15) is 34.2 Å². The Hall–Kier alpha value is -2.11. The molecule has 23 heavy (non-hydrogen) atoms. The Bertz CT molecular complexity index is 715. The number of aromatic nitrogens is 1. The van der Waals surface area contributed by atoms with Gasteiger partial charge in [0.15, 0.2) is 0 Å². The predicted molar refractivity (Wildman–Crippen MR) is 91.3 cm³/mol. The van der Waals surface area contributed by atoms with Gasteiger partial charge in [-0.15, -0.1) is 0 Å². The van der Waals surface area contributed by atoms with E-state index in [1.165, 1.54) is 12.3 Å². The molecule has 0 saturated carbocycles. The molecular weight excluding hydrogens is 337 g/mol. The first-order chi connectivity index (χ1) is 11.0. The molecular formula is C16H15Cl2N3O2. The fourth-order valence-corrected chi connectivity index (χ4v) is 2.32. The van der Waals surface area contributed by atoms with Crippen molar-refractivity contribution in [2.24, 2.45) is 0 Å². The second kappa shape index (κ2) is 7.94. The molecule has 1 aromatic heterocycles. The van der Waals surface area contributed by atoms with Gasteiger partial charge in [0.25, 0.3) is 11.8 Å². The normalized spacial score (nSPS) is 10.2. The SMILES string of the molecule is CCCNC(=O)c1ccnc(C(=O)Nc2c(Cl)cccc2Cl)c1. The summed E-state index contributed by atoms with van der Waals surface area (Å²) in [5, 5.41) is 5.99. The molecule has 2 aromatic rings. The van der Waals surface area contributed by atoms with E-state index in [-0.39, 0.29) is 11.6 Å². The molecule has 2 rings (SSSR count). The number of amides is 2. The summed E-state index contributed by atoms with van der Waals surface area (Å²) in [7, 11) is 0. The van der Waals surface area contributed by atoms with E-state index in [2.05, 4.69) is 15.6 Å². The van der Waals surface area contributed by atoms with Crippen molar-refractivity contribution in [1.82, 2.24) is 10.3 Å². The fourth-order valence-electron chi connectivity index (χ4n) is 1.83. The van der Waals surface area contributed by atoms with Gasteiger partial charge in [0.1, 0.15) is 5.69 Å². The monoisotopic (exact) mass is 351 g/mol. The second-order valence-electron chi connectivity index (χ2n) is 4.74. The first kappa shape index (κ1) is 17.2. The number of hydrogen-bond donors (Lipinski definition) is 2. The van der Waals surface area contributed by atoms with Gasteiger partial charge in [-0.2, -0.15) is 0 Å². The van der Waals surface area contributed by atoms with E-state index in [0.29, 0.717) is 27.8 Å². The van der Waals surface area contributed by atoms with Gasteiger partial charge >= 0.3 is 0 Å². The maximum atomic E-state index is 12.3. The van der Waals surface area contributed by atoms with E-state index >= 15 is 0 Å². The van der Waals surface area contributed by atoms with Crippen molar-refractivity contribution in [2.75, 3.05) is 11.9 Å². The quantitative estimate of drug-likeness (QED) is 0.860. The van der Waals surface area contributed by atoms with Gasteiger partial charge in [0, 0.05) is 18.3 Å². The summed E-state index contributed by atoms with van der Waals surface area (Å²) >= 11 is 12.0. The number of carbonyl (C=O) groups excluding carboxylic acids is 2. The summed E-state index contributed by atoms with van der Waals surface area (Å²) in [6.07, 6.45) is 2.24. The fraction of sp³-hybridized carbons (Fsp3) is 0.188. The van der Waals surface area contributed by atoms with Gasteiger partial charge in [-0.1, -0.05) is 36.2 Å². The average molecular weight is 352 g/mol. The van der Waals surface area contributed by atoms with Gasteiger partial charge in [-0.25, -0.2) is 0 Å². The highest BCUT2D eigenvalue weighted by Gasteiger charge is 2.14. The molecule has 1 heterocycles. The van der Waals surface area contributed by atoms with Crippen LogP contribution in [0.25, 0.3) is 0 Å². The molecule has 0 saturated heterocycles. The third-order valence-corrected chi connectivity index (χ3v) is 3.62. The topological polar surface area (TPSA) is 71.1 Å². The van der Waals surface area contributed by atoms with Crippen molar-refractivity contribution in [1.29, 1.82) is 0 Å². The number of benzene rings is 1. The number of hydrogen-bond acceptors (Lipinski definition) is 3. The molecule has 0 aliphatic heterocycles. The maximum absolute atomic E-state index is 12.3. The van der Waals surface area contributed by atoms with Crippen LogP contribution in [-0.2, 0) is 0 Å². The van der Waals surface area contributed by atoms with Crippen molar-refractivity contribution >= 4 is 40.7 Å². The Balaban J connectivity index is 2.18. The summed E-state index contributed by atoms with van der Waals surface area (Å²) in [5.74, 6) is -0.746. The summed E-state index contributed by atoms with van der Waals surface area (Å²) in [4.78, 5) is 28.2. The van der Waals surface area contributed by atoms with Crippen LogP contribution in [0.5, 0.6) is 0 Å². The molecule has 0 bridgehead atoms. The first-order valence-electron chi connectivity index (χ1n) is 7.02. The standard InChI is InChI=1S/C16H15Cl2N3O2/c1-2-7-20-15(22)10-6-8-19-13(9-10)16(23)21-14-11(17)4-3-5-12(14)18/h3-6,8-9H,2,7H2,1H3,(H,20,22)(H,21,23). The van der Waals surface area contributed by atoms with Crippen LogP contribution in [0, 0.1) is 0 Å². The third-order valence-electron chi connectivity index (χ3n) is 2.99. The van der Waals surface area contributed by atoms with Gasteiger partial charge in [-0.05, 0) is 30.7 Å². The Morgan fingerprint density at radius 2 is 1.83 bits per heavy atom. The largest absolute Gasteiger partial charge is 0.352 e. The van der Waals surface area contributed by atoms with Crippen molar-refractivity contribution in [2.45, 2.75) is 13.3 Å². The van der Waals surface area contributed by atoms with E-state index in [9.17, 15) is 9.59 Å². The van der Waals surface area contributed by atoms with Crippen LogP contribution in [0.4, 0.5) is 5.69 Å². The zero-order valence-electron chi connectivity index (χ0n) is 12.4. The number of nitrogens with zero attached hydrogens (tertiary/aromatic N) is 1. The van der Waals surface area contributed by atoms with Gasteiger partial charge in [-0.3, -0.25) is 14.6 Å². The predicted octanol–water partition coefficient (Wildman–Crippen LogP) is 3.78. The molecule has 2 amide bonds. The lowest BCUT2D eigenvalue weighted by atomic mass is 10.2. The zero-order valence-corrected chi connectivity index (χ0v) is 13.9. The highest BCUT2D eigenvalue weighted by atomic mass is 35.5. The molecule has 1 aromatic carbocycles. The summed E-state index contributed by atoms with van der Waals surface area (Å²) in [6, 6.07) is 7.88. The minimum Gasteiger partial charge on any atom is -0.352 e. The highest BCUT2D eigenvalue weighted by molar-refractivity contribution is 6.40. The number of nitrogens with one attached hydrogen (secondary N) is 2. The van der Waals surface area contributed by atoms with Crippen LogP contribution in [0.2, 0.25) is 10.0 Å². The summed E-state index contributed by atoms with van der Waals surface area (Å²) in [6.45, 7) is 2.52. The van der Waals surface area contributed by atoms with E-state index in [0.717, 1.165) is 6.42 Å². The number of para-hydroxylation sites is 1. The highest BCUT2D eigenvalue weighted by Crippen LogP contribution is 2.30. The molecule has 0 aliphatic rings. The molecule has 5 nitrogen and oxygen atoms in total. The maximum Gasteiger partial charge on any atom is 0.274 e. The Labute approximate surface area is 144 Å². The number of halogens is 2. The van der Waals surface area contributed by atoms with Crippen LogP contribution in [0.3, 0.4) is 0 Å². The van der Waals surface area contributed by atoms with Crippen LogP contribution in [0.15, 0.2) is 36.5 Å². The molecule has 0 spiro atoms. The molecule has 0 fully saturated rings. The Morgan fingerprint density at radius 1 is 1.13 bits per heavy atom. The molecule has 7 heteroatoms. The van der Waals surface area contributed by atoms with Gasteiger partial charge < -0.3 is 10.6 Å². The molecule has 0 unspecified atom stereocenters. The van der Waals surface area contributed by atoms with Crippen molar-refractivity contribution in [3.63, 3.8) is 0 Å². The average Bonchev–Trinajstić information content (AvgIpc) is 2.56. The van der Waals surface area contributed by atoms with Crippen molar-refractivity contribution in [3.8, 4) is 0 Å². The second-order valence-corrected chi connectivity index (χ2v) is 5.55. The number of rotatable bonds is 5. The molecule has 0 atom stereocenters. The summed E-state index contributed by atoms with van der Waals surface area (Å²) in [5.41, 5.74) is 0.775. The zero-order chi connectivity index (χ0) is 16.8. The molecule has 0 aliphatic carbocycles. The van der Waals surface area contributed by atoms with Crippen LogP contribution in [-0.4, -0.2) is 23.3 Å². The molecule has 120 valence electrons. The summed E-state index contributed by atoms with van der Waals surface area (Å²) < 4.78 is 0. The Morgan fingerprint density at radius 3 is 2.48 bits per heavy atom. The van der Waals surface area contributed by atoms with Gasteiger partial charge in [0.05, 0.1) is 15.7 Å². The number of anilines is 1. The lowest BCUT2D eigenvalue weighted by Crippen LogP contribution is -2.24. The minimum absolute atomic E-state index is 0.102. The number of pyridine rings is 1. The van der Waals surface area contributed by atoms with Crippen molar-refractivity contribution < 1.29 is 9.59 Å². The smallest absolute Gasteiger partial charge is 0.274 e. The Kier molecular flexibility index (Phi) is 5.96. The van der Waals surface area contributed by atoms with Crippen LogP contribution >= 0.6 is 23.2 Å². The van der Waals surface area contributed by atoms with E-state index < -0.39 is 5.91 Å². The molecule has 2 N–H and O–H groups in total. The van der Waals surface area contributed by atoms with Crippen LogP contribution < -0.4 is 10.6 Å². The lowest BCUT2D eigenvalue weighted by molar-refractivity contribution is 0.0953. The third kappa shape index (κ3) is 4.43. The van der Waals surface area contributed by atoms with Gasteiger partial charge in [0.2, 0.25) is 0 Å². The first-order valence-corrected chi connectivity index (χ1v) is 7.78. The van der Waals surface area contributed by atoms with E-state index in [4.69, 9.17) is 23.2 Å².